The summed E-state index contributed by atoms with van der Waals surface area (Å²) in [5.41, 5.74) is 7.39. The lowest BCUT2D eigenvalue weighted by Crippen LogP contribution is -2.30. The van der Waals surface area contributed by atoms with E-state index in [1.807, 2.05) is 18.2 Å². The van der Waals surface area contributed by atoms with Crippen LogP contribution in [0.4, 0.5) is 0 Å². The van der Waals surface area contributed by atoms with Crippen molar-refractivity contribution >= 4 is 5.84 Å². The van der Waals surface area contributed by atoms with Crippen LogP contribution in [0.1, 0.15) is 25.0 Å². The number of nitrogens with zero attached hydrogens (tertiary/aromatic N) is 1. The van der Waals surface area contributed by atoms with Gasteiger partial charge in [0, 0.05) is 26.7 Å². The van der Waals surface area contributed by atoms with E-state index in [9.17, 15) is 0 Å². The van der Waals surface area contributed by atoms with Gasteiger partial charge in [-0.05, 0) is 23.6 Å². The minimum Gasteiger partial charge on any atom is -0.496 e. The lowest BCUT2D eigenvalue weighted by Gasteiger charge is -2.24. The summed E-state index contributed by atoms with van der Waals surface area (Å²) in [6.07, 6.45) is 0. The first-order valence-electron chi connectivity index (χ1n) is 7.20. The summed E-state index contributed by atoms with van der Waals surface area (Å²) >= 11 is 0. The Hall–Kier alpha value is -1.59. The van der Waals surface area contributed by atoms with E-state index < -0.39 is 0 Å². The minimum absolute atomic E-state index is 0.0287. The first-order valence-corrected chi connectivity index (χ1v) is 7.20. The van der Waals surface area contributed by atoms with Gasteiger partial charge in [-0.1, -0.05) is 19.9 Å². The molecule has 3 N–H and O–H groups in total. The van der Waals surface area contributed by atoms with Crippen LogP contribution in [-0.4, -0.2) is 44.7 Å². The lowest BCUT2D eigenvalue weighted by atomic mass is 10.1. The predicted molar refractivity (Wildman–Crippen MR) is 86.0 cm³/mol. The maximum absolute atomic E-state index is 7.65. The van der Waals surface area contributed by atoms with Gasteiger partial charge in [-0.3, -0.25) is 10.3 Å². The summed E-state index contributed by atoms with van der Waals surface area (Å²) in [5, 5.41) is 7.65. The van der Waals surface area contributed by atoms with Gasteiger partial charge in [0.2, 0.25) is 0 Å². The van der Waals surface area contributed by atoms with Crippen LogP contribution < -0.4 is 10.5 Å². The molecule has 0 saturated carbocycles. The second-order valence-electron chi connectivity index (χ2n) is 5.57. The van der Waals surface area contributed by atoms with Gasteiger partial charge >= 0.3 is 0 Å². The molecule has 0 fully saturated rings. The molecule has 0 atom stereocenters. The van der Waals surface area contributed by atoms with Gasteiger partial charge in [0.25, 0.3) is 0 Å². The molecule has 0 aliphatic carbocycles. The molecule has 0 amide bonds. The fourth-order valence-corrected chi connectivity index (χ4v) is 2.29. The average molecular weight is 293 g/mol. The number of rotatable bonds is 9. The second-order valence-corrected chi connectivity index (χ2v) is 5.57. The summed E-state index contributed by atoms with van der Waals surface area (Å²) in [6, 6.07) is 5.82. The summed E-state index contributed by atoms with van der Waals surface area (Å²) < 4.78 is 10.4. The van der Waals surface area contributed by atoms with Crippen LogP contribution in [-0.2, 0) is 11.3 Å². The fraction of sp³-hybridized carbons (Fsp3) is 0.562. The Bertz CT molecular complexity index is 461. The van der Waals surface area contributed by atoms with E-state index in [1.165, 1.54) is 0 Å². The van der Waals surface area contributed by atoms with Crippen molar-refractivity contribution < 1.29 is 9.47 Å². The molecule has 0 spiro atoms. The highest BCUT2D eigenvalue weighted by molar-refractivity contribution is 5.97. The SMILES string of the molecule is COCCN(Cc1ccc(OC)c(C(=N)N)c1)CC(C)C. The zero-order chi connectivity index (χ0) is 15.8. The van der Waals surface area contributed by atoms with Crippen LogP contribution in [0.3, 0.4) is 0 Å². The first kappa shape index (κ1) is 17.5. The molecule has 1 rings (SSSR count). The standard InChI is InChI=1S/C16H27N3O2/c1-12(2)10-19(7-8-20-3)11-13-5-6-15(21-4)14(9-13)16(17)18/h5-6,9,12H,7-8,10-11H2,1-4H3,(H3,17,18). The van der Waals surface area contributed by atoms with Crippen LogP contribution in [0.2, 0.25) is 0 Å². The zero-order valence-corrected chi connectivity index (χ0v) is 13.5. The summed E-state index contributed by atoms with van der Waals surface area (Å²) in [5.74, 6) is 1.26. The number of hydrogen-bond donors (Lipinski definition) is 2. The zero-order valence-electron chi connectivity index (χ0n) is 13.5. The number of benzene rings is 1. The van der Waals surface area contributed by atoms with Gasteiger partial charge in [-0.2, -0.15) is 0 Å². The fourth-order valence-electron chi connectivity index (χ4n) is 2.29. The van der Waals surface area contributed by atoms with Crippen LogP contribution in [0.25, 0.3) is 0 Å². The van der Waals surface area contributed by atoms with Gasteiger partial charge in [-0.15, -0.1) is 0 Å². The normalized spacial score (nSPS) is 11.1. The summed E-state index contributed by atoms with van der Waals surface area (Å²) in [7, 11) is 3.31. The highest BCUT2D eigenvalue weighted by Crippen LogP contribution is 2.20. The molecular formula is C16H27N3O2. The van der Waals surface area contributed by atoms with Crippen LogP contribution in [0.15, 0.2) is 18.2 Å². The number of amidine groups is 1. The quantitative estimate of drug-likeness (QED) is 0.540. The van der Waals surface area contributed by atoms with Gasteiger partial charge in [-0.25, -0.2) is 0 Å². The third kappa shape index (κ3) is 5.73. The number of hydrogen-bond acceptors (Lipinski definition) is 4. The van der Waals surface area contributed by atoms with Crippen molar-refractivity contribution in [1.29, 1.82) is 5.41 Å². The topological polar surface area (TPSA) is 71.6 Å². The molecule has 0 radical (unpaired) electrons. The van der Waals surface area contributed by atoms with E-state index in [1.54, 1.807) is 14.2 Å². The Morgan fingerprint density at radius 3 is 2.57 bits per heavy atom. The lowest BCUT2D eigenvalue weighted by molar-refractivity contribution is 0.136. The maximum Gasteiger partial charge on any atom is 0.129 e. The number of nitrogen functional groups attached to an aromatic ring is 1. The Balaban J connectivity index is 2.87. The van der Waals surface area contributed by atoms with Crippen molar-refractivity contribution in [2.75, 3.05) is 33.9 Å². The molecule has 0 heterocycles. The van der Waals surface area contributed by atoms with E-state index in [4.69, 9.17) is 20.6 Å². The molecule has 5 heteroatoms. The van der Waals surface area contributed by atoms with E-state index in [0.29, 0.717) is 23.8 Å². The van der Waals surface area contributed by atoms with E-state index in [0.717, 1.165) is 25.2 Å². The predicted octanol–water partition coefficient (Wildman–Crippen LogP) is 2.08. The minimum atomic E-state index is 0.0287. The monoisotopic (exact) mass is 293 g/mol. The largest absolute Gasteiger partial charge is 0.496 e. The van der Waals surface area contributed by atoms with Crippen molar-refractivity contribution in [3.8, 4) is 5.75 Å². The Kier molecular flexibility index (Phi) is 7.19. The Morgan fingerprint density at radius 1 is 1.33 bits per heavy atom. The Labute approximate surface area is 127 Å². The molecular weight excluding hydrogens is 266 g/mol. The van der Waals surface area contributed by atoms with E-state index in [2.05, 4.69) is 18.7 Å². The Morgan fingerprint density at radius 2 is 2.05 bits per heavy atom. The molecule has 0 unspecified atom stereocenters. The number of nitrogens with one attached hydrogen (secondary N) is 1. The van der Waals surface area contributed by atoms with Crippen molar-refractivity contribution in [3.05, 3.63) is 29.3 Å². The highest BCUT2D eigenvalue weighted by atomic mass is 16.5. The van der Waals surface area contributed by atoms with Crippen LogP contribution in [0.5, 0.6) is 5.75 Å². The van der Waals surface area contributed by atoms with E-state index >= 15 is 0 Å². The van der Waals surface area contributed by atoms with Crippen LogP contribution in [0, 0.1) is 11.3 Å². The second kappa shape index (κ2) is 8.64. The summed E-state index contributed by atoms with van der Waals surface area (Å²) in [6.45, 7) is 7.82. The molecule has 0 saturated heterocycles. The molecule has 5 nitrogen and oxygen atoms in total. The molecule has 1 aromatic rings. The average Bonchev–Trinajstić information content (AvgIpc) is 2.44. The molecule has 1 aromatic carbocycles. The molecule has 0 aliphatic heterocycles. The first-order chi connectivity index (χ1) is 9.97. The molecule has 0 aliphatic rings. The smallest absolute Gasteiger partial charge is 0.129 e. The molecule has 0 aromatic heterocycles. The van der Waals surface area contributed by atoms with Gasteiger partial charge in [0.05, 0.1) is 19.3 Å². The maximum atomic E-state index is 7.65. The summed E-state index contributed by atoms with van der Waals surface area (Å²) in [4.78, 5) is 2.35. The van der Waals surface area contributed by atoms with Crippen LogP contribution >= 0.6 is 0 Å². The third-order valence-electron chi connectivity index (χ3n) is 3.20. The van der Waals surface area contributed by atoms with Crippen molar-refractivity contribution in [2.45, 2.75) is 20.4 Å². The number of methoxy groups -OCH3 is 2. The molecule has 118 valence electrons. The number of nitrogens with two attached hydrogens (primary N) is 1. The van der Waals surface area contributed by atoms with Crippen molar-refractivity contribution in [3.63, 3.8) is 0 Å². The third-order valence-corrected chi connectivity index (χ3v) is 3.20. The number of ether oxygens (including phenoxy) is 2. The molecule has 21 heavy (non-hydrogen) atoms. The van der Waals surface area contributed by atoms with Crippen molar-refractivity contribution in [2.24, 2.45) is 11.7 Å². The highest BCUT2D eigenvalue weighted by Gasteiger charge is 2.11. The van der Waals surface area contributed by atoms with E-state index in [-0.39, 0.29) is 5.84 Å². The van der Waals surface area contributed by atoms with Gasteiger partial charge < -0.3 is 15.2 Å². The van der Waals surface area contributed by atoms with Gasteiger partial charge in [0.1, 0.15) is 11.6 Å². The van der Waals surface area contributed by atoms with Gasteiger partial charge in [0.15, 0.2) is 0 Å². The van der Waals surface area contributed by atoms with Crippen molar-refractivity contribution in [1.82, 2.24) is 4.90 Å². The molecule has 0 bridgehead atoms.